The molecule has 0 atom stereocenters. The lowest BCUT2D eigenvalue weighted by molar-refractivity contribution is 0.103. The van der Waals surface area contributed by atoms with Gasteiger partial charge in [-0.2, -0.15) is 0 Å². The number of benzene rings is 2. The van der Waals surface area contributed by atoms with E-state index in [1.165, 1.54) is 21.3 Å². The summed E-state index contributed by atoms with van der Waals surface area (Å²) in [6.45, 7) is 1.88. The van der Waals surface area contributed by atoms with Crippen molar-refractivity contribution >= 4 is 17.4 Å². The summed E-state index contributed by atoms with van der Waals surface area (Å²) < 4.78 is 15.8. The molecule has 0 aromatic heterocycles. The monoisotopic (exact) mass is 320 g/mol. The Kier molecular flexibility index (Phi) is 4.93. The Morgan fingerprint density at radius 1 is 0.909 bits per heavy atom. The number of aryl methyl sites for hydroxylation is 1. The minimum Gasteiger partial charge on any atom is -0.493 e. The van der Waals surface area contributed by atoms with Gasteiger partial charge in [0.15, 0.2) is 17.3 Å². The molecule has 0 aliphatic rings. The van der Waals surface area contributed by atoms with Crippen molar-refractivity contribution in [1.82, 2.24) is 0 Å². The Labute approximate surface area is 134 Å². The van der Waals surface area contributed by atoms with Gasteiger partial charge >= 0.3 is 0 Å². The standard InChI is InChI=1S/C17H17ClO4/c1-10-5-6-11(7-13(10)18)16(19)12-8-14(20-2)17(22-4)15(9-12)21-3/h5-9H,1-4H3. The van der Waals surface area contributed by atoms with Crippen molar-refractivity contribution < 1.29 is 19.0 Å². The molecule has 0 bridgehead atoms. The van der Waals surface area contributed by atoms with Gasteiger partial charge in [0, 0.05) is 16.1 Å². The van der Waals surface area contributed by atoms with Crippen LogP contribution >= 0.6 is 11.6 Å². The maximum Gasteiger partial charge on any atom is 0.203 e. The lowest BCUT2D eigenvalue weighted by atomic mass is 10.0. The van der Waals surface area contributed by atoms with E-state index in [1.54, 1.807) is 24.3 Å². The quantitative estimate of drug-likeness (QED) is 0.784. The first-order valence-electron chi connectivity index (χ1n) is 6.62. The summed E-state index contributed by atoms with van der Waals surface area (Å²) in [6.07, 6.45) is 0. The highest BCUT2D eigenvalue weighted by atomic mass is 35.5. The van der Waals surface area contributed by atoms with Gasteiger partial charge in [0.1, 0.15) is 0 Å². The normalized spacial score (nSPS) is 10.2. The molecule has 0 aliphatic heterocycles. The van der Waals surface area contributed by atoms with Crippen molar-refractivity contribution in [3.05, 3.63) is 52.0 Å². The highest BCUT2D eigenvalue weighted by Crippen LogP contribution is 2.38. The maximum absolute atomic E-state index is 12.6. The molecule has 0 spiro atoms. The second-order valence-electron chi connectivity index (χ2n) is 4.71. The topological polar surface area (TPSA) is 44.8 Å². The Hall–Kier alpha value is -2.20. The van der Waals surface area contributed by atoms with E-state index in [0.29, 0.717) is 33.4 Å². The number of ketones is 1. The lowest BCUT2D eigenvalue weighted by Crippen LogP contribution is -2.04. The average Bonchev–Trinajstić information content (AvgIpc) is 2.55. The molecule has 0 heterocycles. The molecule has 4 nitrogen and oxygen atoms in total. The van der Waals surface area contributed by atoms with Crippen molar-refractivity contribution in [2.45, 2.75) is 6.92 Å². The van der Waals surface area contributed by atoms with Crippen LogP contribution in [0.1, 0.15) is 21.5 Å². The van der Waals surface area contributed by atoms with E-state index in [2.05, 4.69) is 0 Å². The third kappa shape index (κ3) is 3.02. The molecular weight excluding hydrogens is 304 g/mol. The van der Waals surface area contributed by atoms with Crippen LogP contribution in [0.4, 0.5) is 0 Å². The number of hydrogen-bond acceptors (Lipinski definition) is 4. The Balaban J connectivity index is 2.51. The highest BCUT2D eigenvalue weighted by Gasteiger charge is 2.18. The highest BCUT2D eigenvalue weighted by molar-refractivity contribution is 6.31. The van der Waals surface area contributed by atoms with Crippen LogP contribution < -0.4 is 14.2 Å². The molecule has 0 N–H and O–H groups in total. The van der Waals surface area contributed by atoms with Gasteiger partial charge in [0.25, 0.3) is 0 Å². The summed E-state index contributed by atoms with van der Waals surface area (Å²) in [7, 11) is 4.53. The molecule has 0 aliphatic carbocycles. The van der Waals surface area contributed by atoms with Gasteiger partial charge in [-0.3, -0.25) is 4.79 Å². The molecule has 2 rings (SSSR count). The molecule has 0 radical (unpaired) electrons. The molecule has 0 saturated heterocycles. The van der Waals surface area contributed by atoms with E-state index in [1.807, 2.05) is 13.0 Å². The summed E-state index contributed by atoms with van der Waals surface area (Å²) in [5, 5.41) is 0.554. The summed E-state index contributed by atoms with van der Waals surface area (Å²) in [4.78, 5) is 12.6. The fourth-order valence-electron chi connectivity index (χ4n) is 2.11. The van der Waals surface area contributed by atoms with Crippen LogP contribution in [0.5, 0.6) is 17.2 Å². The van der Waals surface area contributed by atoms with Gasteiger partial charge in [-0.1, -0.05) is 23.7 Å². The molecule has 0 fully saturated rings. The van der Waals surface area contributed by atoms with Crippen LogP contribution in [-0.4, -0.2) is 27.1 Å². The first-order valence-corrected chi connectivity index (χ1v) is 7.00. The lowest BCUT2D eigenvalue weighted by Gasteiger charge is -2.14. The van der Waals surface area contributed by atoms with E-state index >= 15 is 0 Å². The van der Waals surface area contributed by atoms with Crippen LogP contribution in [-0.2, 0) is 0 Å². The number of halogens is 1. The predicted molar refractivity (Wildman–Crippen MR) is 85.7 cm³/mol. The smallest absolute Gasteiger partial charge is 0.203 e. The molecule has 2 aromatic carbocycles. The molecule has 2 aromatic rings. The number of carbonyl (C=O) groups excluding carboxylic acids is 1. The van der Waals surface area contributed by atoms with E-state index < -0.39 is 0 Å². The van der Waals surface area contributed by atoms with Gasteiger partial charge in [-0.25, -0.2) is 0 Å². The van der Waals surface area contributed by atoms with Gasteiger partial charge in [0.2, 0.25) is 5.75 Å². The zero-order chi connectivity index (χ0) is 16.3. The van der Waals surface area contributed by atoms with Crippen molar-refractivity contribution in [3.63, 3.8) is 0 Å². The zero-order valence-electron chi connectivity index (χ0n) is 12.9. The SMILES string of the molecule is COc1cc(C(=O)c2ccc(C)c(Cl)c2)cc(OC)c1OC. The van der Waals surface area contributed by atoms with Gasteiger partial charge in [-0.05, 0) is 30.7 Å². The number of ether oxygens (including phenoxy) is 3. The molecule has 116 valence electrons. The Morgan fingerprint density at radius 3 is 1.95 bits per heavy atom. The Morgan fingerprint density at radius 2 is 1.50 bits per heavy atom. The fourth-order valence-corrected chi connectivity index (χ4v) is 2.29. The molecule has 0 unspecified atom stereocenters. The first kappa shape index (κ1) is 16.2. The molecule has 5 heteroatoms. The summed E-state index contributed by atoms with van der Waals surface area (Å²) in [5.41, 5.74) is 1.86. The van der Waals surface area contributed by atoms with E-state index in [-0.39, 0.29) is 5.78 Å². The minimum atomic E-state index is -0.166. The van der Waals surface area contributed by atoms with Gasteiger partial charge < -0.3 is 14.2 Å². The summed E-state index contributed by atoms with van der Waals surface area (Å²) >= 11 is 6.09. The van der Waals surface area contributed by atoms with Crippen molar-refractivity contribution in [2.24, 2.45) is 0 Å². The van der Waals surface area contributed by atoms with Crippen molar-refractivity contribution in [2.75, 3.05) is 21.3 Å². The second-order valence-corrected chi connectivity index (χ2v) is 5.11. The Bertz CT molecular complexity index is 685. The van der Waals surface area contributed by atoms with Crippen LogP contribution in [0.2, 0.25) is 5.02 Å². The average molecular weight is 321 g/mol. The van der Waals surface area contributed by atoms with E-state index in [0.717, 1.165) is 5.56 Å². The third-order valence-electron chi connectivity index (χ3n) is 3.36. The fraction of sp³-hybridized carbons (Fsp3) is 0.235. The molecule has 0 saturated carbocycles. The molecule has 22 heavy (non-hydrogen) atoms. The zero-order valence-corrected chi connectivity index (χ0v) is 13.7. The van der Waals surface area contributed by atoms with Crippen LogP contribution in [0.3, 0.4) is 0 Å². The second kappa shape index (κ2) is 6.71. The summed E-state index contributed by atoms with van der Waals surface area (Å²) in [5.74, 6) is 1.15. The minimum absolute atomic E-state index is 0.166. The number of rotatable bonds is 5. The van der Waals surface area contributed by atoms with Crippen LogP contribution in [0, 0.1) is 6.92 Å². The molecule has 0 amide bonds. The van der Waals surface area contributed by atoms with Gasteiger partial charge in [0.05, 0.1) is 21.3 Å². The third-order valence-corrected chi connectivity index (χ3v) is 3.77. The number of hydrogen-bond donors (Lipinski definition) is 0. The van der Waals surface area contributed by atoms with E-state index in [9.17, 15) is 4.79 Å². The van der Waals surface area contributed by atoms with Gasteiger partial charge in [-0.15, -0.1) is 0 Å². The van der Waals surface area contributed by atoms with Crippen molar-refractivity contribution in [1.29, 1.82) is 0 Å². The molecular formula is C17H17ClO4. The first-order chi connectivity index (χ1) is 10.5. The maximum atomic E-state index is 12.6. The number of carbonyl (C=O) groups is 1. The largest absolute Gasteiger partial charge is 0.493 e. The van der Waals surface area contributed by atoms with Crippen LogP contribution in [0.25, 0.3) is 0 Å². The summed E-state index contributed by atoms with van der Waals surface area (Å²) in [6, 6.07) is 8.46. The van der Waals surface area contributed by atoms with Crippen LogP contribution in [0.15, 0.2) is 30.3 Å². The predicted octanol–water partition coefficient (Wildman–Crippen LogP) is 3.91. The van der Waals surface area contributed by atoms with E-state index in [4.69, 9.17) is 25.8 Å². The number of methoxy groups -OCH3 is 3. The van der Waals surface area contributed by atoms with Crippen molar-refractivity contribution in [3.8, 4) is 17.2 Å².